The first-order valence-corrected chi connectivity index (χ1v) is 10.2. The Morgan fingerprint density at radius 1 is 0.758 bits per heavy atom. The van der Waals surface area contributed by atoms with Gasteiger partial charge in [-0.15, -0.1) is 5.10 Å². The molecule has 0 atom stereocenters. The van der Waals surface area contributed by atoms with Crippen molar-refractivity contribution < 1.29 is 19.0 Å². The van der Waals surface area contributed by atoms with Crippen LogP contribution in [0.5, 0.6) is 17.2 Å². The molecule has 2 N–H and O–H groups in total. The number of carbonyl (C=O) groups is 1. The highest BCUT2D eigenvalue weighted by Gasteiger charge is 2.21. The maximum absolute atomic E-state index is 13.5. The van der Waals surface area contributed by atoms with E-state index in [0.717, 1.165) is 11.4 Å². The van der Waals surface area contributed by atoms with Crippen LogP contribution >= 0.6 is 0 Å². The van der Waals surface area contributed by atoms with Gasteiger partial charge in [0.15, 0.2) is 17.3 Å². The molecule has 0 unspecified atom stereocenters. The normalized spacial score (nSPS) is 10.4. The molecule has 4 aromatic rings. The van der Waals surface area contributed by atoms with Crippen molar-refractivity contribution in [2.45, 2.75) is 0 Å². The first-order valence-electron chi connectivity index (χ1n) is 10.2. The summed E-state index contributed by atoms with van der Waals surface area (Å²) in [7, 11) is 4.52. The van der Waals surface area contributed by atoms with Gasteiger partial charge >= 0.3 is 0 Å². The zero-order chi connectivity index (χ0) is 23.2. The molecule has 0 saturated carbocycles. The lowest BCUT2D eigenvalue weighted by atomic mass is 10.1. The fourth-order valence-corrected chi connectivity index (χ4v) is 3.35. The number of aromatic nitrogens is 2. The van der Waals surface area contributed by atoms with Gasteiger partial charge in [-0.3, -0.25) is 4.79 Å². The number of para-hydroxylation sites is 2. The van der Waals surface area contributed by atoms with E-state index in [1.807, 2.05) is 60.7 Å². The Labute approximate surface area is 191 Å². The first-order chi connectivity index (χ1) is 16.1. The molecule has 0 aliphatic heterocycles. The molecule has 0 radical (unpaired) electrons. The number of hydrogen-bond acceptors (Lipinski definition) is 7. The molecule has 8 heteroatoms. The summed E-state index contributed by atoms with van der Waals surface area (Å²) < 4.78 is 17.5. The van der Waals surface area contributed by atoms with Crippen molar-refractivity contribution in [1.29, 1.82) is 0 Å². The number of anilines is 4. The van der Waals surface area contributed by atoms with E-state index in [4.69, 9.17) is 14.2 Å². The zero-order valence-corrected chi connectivity index (χ0v) is 18.5. The average molecular weight is 444 g/mol. The van der Waals surface area contributed by atoms with E-state index >= 15 is 0 Å². The van der Waals surface area contributed by atoms with E-state index in [1.165, 1.54) is 26.0 Å². The zero-order valence-electron chi connectivity index (χ0n) is 18.5. The van der Waals surface area contributed by atoms with Gasteiger partial charge in [-0.25, -0.2) is 0 Å². The Morgan fingerprint density at radius 2 is 1.30 bits per heavy atom. The molecule has 0 aliphatic carbocycles. The Bertz CT molecular complexity index is 1220. The lowest BCUT2D eigenvalue weighted by molar-refractivity contribution is 0.0947. The minimum atomic E-state index is -0.367. The third kappa shape index (κ3) is 4.74. The standard InChI is InChI=1S/C25H24N4O4/c1-31-20-14-17(15-21(32-2)24(20)33-3)25(30)29-23(27-19-12-8-5-9-13-19)16-22(28-29)26-18-10-6-4-7-11-18/h4-16,27H,1-3H3,(H,26,28). The number of nitrogens with one attached hydrogen (secondary N) is 2. The van der Waals surface area contributed by atoms with Gasteiger partial charge in [0.25, 0.3) is 5.91 Å². The predicted molar refractivity (Wildman–Crippen MR) is 128 cm³/mol. The lowest BCUT2D eigenvalue weighted by Crippen LogP contribution is -2.16. The van der Waals surface area contributed by atoms with E-state index in [2.05, 4.69) is 15.7 Å². The smallest absolute Gasteiger partial charge is 0.280 e. The fraction of sp³-hybridized carbons (Fsp3) is 0.120. The summed E-state index contributed by atoms with van der Waals surface area (Å²) in [6, 6.07) is 24.1. The minimum Gasteiger partial charge on any atom is -0.493 e. The molecule has 1 aromatic heterocycles. The van der Waals surface area contributed by atoms with Crippen molar-refractivity contribution >= 4 is 28.9 Å². The molecule has 3 aromatic carbocycles. The van der Waals surface area contributed by atoms with E-state index < -0.39 is 0 Å². The number of ether oxygens (including phenoxy) is 3. The van der Waals surface area contributed by atoms with Gasteiger partial charge in [0, 0.05) is 23.0 Å². The SMILES string of the molecule is COc1cc(C(=O)n2nc(Nc3ccccc3)cc2Nc2ccccc2)cc(OC)c1OC. The van der Waals surface area contributed by atoms with Crippen LogP contribution in [0.3, 0.4) is 0 Å². The third-order valence-electron chi connectivity index (χ3n) is 4.91. The van der Waals surface area contributed by atoms with Crippen LogP contribution in [0.1, 0.15) is 10.4 Å². The molecule has 0 bridgehead atoms. The Balaban J connectivity index is 1.75. The van der Waals surface area contributed by atoms with Crippen molar-refractivity contribution in [1.82, 2.24) is 9.78 Å². The van der Waals surface area contributed by atoms with Crippen molar-refractivity contribution in [3.8, 4) is 17.2 Å². The molecule has 8 nitrogen and oxygen atoms in total. The summed E-state index contributed by atoms with van der Waals surface area (Å²) in [5.41, 5.74) is 2.01. The van der Waals surface area contributed by atoms with Crippen molar-refractivity contribution in [2.24, 2.45) is 0 Å². The number of hydrogen-bond donors (Lipinski definition) is 2. The molecule has 0 amide bonds. The number of benzene rings is 3. The monoisotopic (exact) mass is 444 g/mol. The van der Waals surface area contributed by atoms with Crippen LogP contribution < -0.4 is 24.8 Å². The molecule has 0 spiro atoms. The molecular formula is C25H24N4O4. The highest BCUT2D eigenvalue weighted by molar-refractivity contribution is 5.99. The summed E-state index contributed by atoms with van der Waals surface area (Å²) >= 11 is 0. The highest BCUT2D eigenvalue weighted by Crippen LogP contribution is 2.38. The van der Waals surface area contributed by atoms with Crippen LogP contribution in [0.2, 0.25) is 0 Å². The molecule has 0 fully saturated rings. The number of nitrogens with zero attached hydrogens (tertiary/aromatic N) is 2. The van der Waals surface area contributed by atoms with Gasteiger partial charge in [-0.2, -0.15) is 4.68 Å². The Morgan fingerprint density at radius 3 is 1.82 bits per heavy atom. The maximum atomic E-state index is 13.5. The van der Waals surface area contributed by atoms with Crippen molar-refractivity contribution in [2.75, 3.05) is 32.0 Å². The Kier molecular flexibility index (Phi) is 6.45. The first kappa shape index (κ1) is 21.8. The van der Waals surface area contributed by atoms with Crippen molar-refractivity contribution in [3.05, 3.63) is 84.4 Å². The van der Waals surface area contributed by atoms with Gasteiger partial charge in [0.2, 0.25) is 5.75 Å². The predicted octanol–water partition coefficient (Wildman–Crippen LogP) is 5.08. The molecule has 0 aliphatic rings. The quantitative estimate of drug-likeness (QED) is 0.392. The van der Waals surface area contributed by atoms with E-state index in [9.17, 15) is 4.79 Å². The second kappa shape index (κ2) is 9.78. The molecule has 33 heavy (non-hydrogen) atoms. The number of methoxy groups -OCH3 is 3. The molecule has 168 valence electrons. The molecule has 4 rings (SSSR count). The second-order valence-electron chi connectivity index (χ2n) is 7.03. The van der Waals surface area contributed by atoms with Crippen LogP contribution in [0.4, 0.5) is 23.0 Å². The molecule has 0 saturated heterocycles. The van der Waals surface area contributed by atoms with Crippen molar-refractivity contribution in [3.63, 3.8) is 0 Å². The lowest BCUT2D eigenvalue weighted by Gasteiger charge is -2.14. The van der Waals surface area contributed by atoms with E-state index in [-0.39, 0.29) is 5.91 Å². The van der Waals surface area contributed by atoms with Crippen LogP contribution in [0.15, 0.2) is 78.9 Å². The molecule has 1 heterocycles. The highest BCUT2D eigenvalue weighted by atomic mass is 16.5. The topological polar surface area (TPSA) is 86.6 Å². The van der Waals surface area contributed by atoms with Crippen LogP contribution in [-0.4, -0.2) is 37.0 Å². The van der Waals surface area contributed by atoms with E-state index in [0.29, 0.717) is 34.4 Å². The average Bonchev–Trinajstić information content (AvgIpc) is 3.25. The largest absolute Gasteiger partial charge is 0.493 e. The fourth-order valence-electron chi connectivity index (χ4n) is 3.35. The number of carbonyl (C=O) groups excluding carboxylic acids is 1. The third-order valence-corrected chi connectivity index (χ3v) is 4.91. The summed E-state index contributed by atoms with van der Waals surface area (Å²) in [5.74, 6) is 1.82. The molecular weight excluding hydrogens is 420 g/mol. The Hall–Kier alpha value is -4.46. The van der Waals surface area contributed by atoms with E-state index in [1.54, 1.807) is 18.2 Å². The minimum absolute atomic E-state index is 0.329. The van der Waals surface area contributed by atoms with Gasteiger partial charge in [0.1, 0.15) is 5.82 Å². The summed E-state index contributed by atoms with van der Waals surface area (Å²) in [4.78, 5) is 13.5. The van der Waals surface area contributed by atoms with Crippen LogP contribution in [-0.2, 0) is 0 Å². The summed E-state index contributed by atoms with van der Waals surface area (Å²) in [6.07, 6.45) is 0. The summed E-state index contributed by atoms with van der Waals surface area (Å²) in [6.45, 7) is 0. The van der Waals surface area contributed by atoms with Gasteiger partial charge in [-0.1, -0.05) is 36.4 Å². The van der Waals surface area contributed by atoms with Gasteiger partial charge in [0.05, 0.1) is 21.3 Å². The van der Waals surface area contributed by atoms with Crippen LogP contribution in [0.25, 0.3) is 0 Å². The summed E-state index contributed by atoms with van der Waals surface area (Å²) in [5, 5.41) is 11.0. The maximum Gasteiger partial charge on any atom is 0.280 e. The van der Waals surface area contributed by atoms with Gasteiger partial charge < -0.3 is 24.8 Å². The van der Waals surface area contributed by atoms with Crippen LogP contribution in [0, 0.1) is 0 Å². The number of rotatable bonds is 8. The second-order valence-corrected chi connectivity index (χ2v) is 7.03. The van der Waals surface area contributed by atoms with Gasteiger partial charge in [-0.05, 0) is 36.4 Å².